The average molecular weight is 483 g/mol. The minimum Gasteiger partial charge on any atom is -0.497 e. The van der Waals surface area contributed by atoms with Crippen LogP contribution in [0.5, 0.6) is 11.5 Å². The summed E-state index contributed by atoms with van der Waals surface area (Å²) in [6, 6.07) is 22.1. The van der Waals surface area contributed by atoms with Crippen molar-refractivity contribution >= 4 is 21.6 Å². The van der Waals surface area contributed by atoms with Gasteiger partial charge in [0.2, 0.25) is 10.0 Å². The SMILES string of the molecule is COc1ccc(CCNC(=O)COc2ccc(N(Cc3ccc(C)cc3)S(C)(=O)=O)cc2)cc1. The second-order valence-corrected chi connectivity index (χ2v) is 9.89. The molecule has 0 aliphatic heterocycles. The van der Waals surface area contributed by atoms with E-state index in [0.29, 0.717) is 24.4 Å². The third kappa shape index (κ3) is 7.52. The van der Waals surface area contributed by atoms with Crippen LogP contribution in [0.2, 0.25) is 0 Å². The maximum atomic E-state index is 12.4. The lowest BCUT2D eigenvalue weighted by molar-refractivity contribution is -0.123. The largest absolute Gasteiger partial charge is 0.497 e. The fourth-order valence-corrected chi connectivity index (χ4v) is 4.19. The number of nitrogens with one attached hydrogen (secondary N) is 1. The van der Waals surface area contributed by atoms with E-state index < -0.39 is 10.0 Å². The van der Waals surface area contributed by atoms with Crippen LogP contribution < -0.4 is 19.1 Å². The van der Waals surface area contributed by atoms with Gasteiger partial charge in [0.25, 0.3) is 5.91 Å². The Kier molecular flexibility index (Phi) is 8.54. The number of anilines is 1. The minimum atomic E-state index is -3.48. The Hall–Kier alpha value is -3.52. The predicted octanol–water partition coefficient (Wildman–Crippen LogP) is 3.71. The summed E-state index contributed by atoms with van der Waals surface area (Å²) in [6.07, 6.45) is 1.88. The van der Waals surface area contributed by atoms with E-state index in [9.17, 15) is 13.2 Å². The molecular weight excluding hydrogens is 452 g/mol. The van der Waals surface area contributed by atoms with E-state index >= 15 is 0 Å². The summed E-state index contributed by atoms with van der Waals surface area (Å²) in [5, 5.41) is 2.83. The molecule has 0 aliphatic carbocycles. The molecule has 0 radical (unpaired) electrons. The van der Waals surface area contributed by atoms with Crippen LogP contribution in [-0.4, -0.2) is 40.8 Å². The van der Waals surface area contributed by atoms with Gasteiger partial charge in [0, 0.05) is 6.54 Å². The molecule has 0 saturated heterocycles. The van der Waals surface area contributed by atoms with E-state index in [-0.39, 0.29) is 19.1 Å². The fraction of sp³-hybridized carbons (Fsp3) is 0.269. The number of nitrogens with zero attached hydrogens (tertiary/aromatic N) is 1. The van der Waals surface area contributed by atoms with E-state index in [1.807, 2.05) is 55.5 Å². The van der Waals surface area contributed by atoms with Crippen LogP contribution in [0.1, 0.15) is 16.7 Å². The molecule has 0 aromatic heterocycles. The van der Waals surface area contributed by atoms with Crippen LogP contribution in [0.4, 0.5) is 5.69 Å². The standard InChI is InChI=1S/C26H30N2O5S/c1-20-4-6-22(7-5-20)18-28(34(3,30)31)23-10-14-25(15-11-23)33-19-26(29)27-17-16-21-8-12-24(32-2)13-9-21/h4-15H,16-19H2,1-3H3,(H,27,29). The molecule has 0 fully saturated rings. The van der Waals surface area contributed by atoms with Crippen LogP contribution in [0.25, 0.3) is 0 Å². The van der Waals surface area contributed by atoms with E-state index in [1.54, 1.807) is 31.4 Å². The van der Waals surface area contributed by atoms with Crippen LogP contribution >= 0.6 is 0 Å². The van der Waals surface area contributed by atoms with Crippen LogP contribution in [-0.2, 0) is 27.8 Å². The van der Waals surface area contributed by atoms with Crippen molar-refractivity contribution in [3.8, 4) is 11.5 Å². The lowest BCUT2D eigenvalue weighted by atomic mass is 10.1. The van der Waals surface area contributed by atoms with Crippen molar-refractivity contribution in [1.82, 2.24) is 5.32 Å². The van der Waals surface area contributed by atoms with E-state index in [4.69, 9.17) is 9.47 Å². The first-order valence-corrected chi connectivity index (χ1v) is 12.7. The highest BCUT2D eigenvalue weighted by Crippen LogP contribution is 2.24. The van der Waals surface area contributed by atoms with Crippen LogP contribution in [0.3, 0.4) is 0 Å². The van der Waals surface area contributed by atoms with Gasteiger partial charge in [-0.2, -0.15) is 0 Å². The zero-order chi connectivity index (χ0) is 24.6. The normalized spacial score (nSPS) is 11.0. The fourth-order valence-electron chi connectivity index (χ4n) is 3.31. The number of sulfonamides is 1. The maximum absolute atomic E-state index is 12.4. The Balaban J connectivity index is 1.51. The summed E-state index contributed by atoms with van der Waals surface area (Å²) in [5.41, 5.74) is 3.63. The molecule has 3 rings (SSSR count). The van der Waals surface area contributed by atoms with E-state index in [1.165, 1.54) is 10.6 Å². The molecule has 0 aliphatic rings. The summed E-state index contributed by atoms with van der Waals surface area (Å²) in [6.45, 7) is 2.59. The number of hydrogen-bond acceptors (Lipinski definition) is 5. The Morgan fingerprint density at radius 1 is 0.882 bits per heavy atom. The van der Waals surface area contributed by atoms with Crippen LogP contribution in [0, 0.1) is 6.92 Å². The Morgan fingerprint density at radius 3 is 2.06 bits per heavy atom. The highest BCUT2D eigenvalue weighted by Gasteiger charge is 2.18. The highest BCUT2D eigenvalue weighted by molar-refractivity contribution is 7.92. The number of hydrogen-bond donors (Lipinski definition) is 1. The average Bonchev–Trinajstić information content (AvgIpc) is 2.82. The van der Waals surface area contributed by atoms with Crippen molar-refractivity contribution in [2.24, 2.45) is 0 Å². The molecular formula is C26H30N2O5S. The van der Waals surface area contributed by atoms with E-state index in [0.717, 1.165) is 22.4 Å². The first kappa shape index (κ1) is 25.1. The topological polar surface area (TPSA) is 84.9 Å². The third-order valence-corrected chi connectivity index (χ3v) is 6.38. The number of carbonyl (C=O) groups excluding carboxylic acids is 1. The summed E-state index contributed by atoms with van der Waals surface area (Å²) < 4.78 is 36.8. The molecule has 3 aromatic rings. The van der Waals surface area contributed by atoms with Gasteiger partial charge in [-0.15, -0.1) is 0 Å². The van der Waals surface area contributed by atoms with Crippen LogP contribution in [0.15, 0.2) is 72.8 Å². The lowest BCUT2D eigenvalue weighted by Gasteiger charge is -2.23. The second-order valence-electron chi connectivity index (χ2n) is 7.99. The van der Waals surface area contributed by atoms with Gasteiger partial charge in [0.1, 0.15) is 11.5 Å². The minimum absolute atomic E-state index is 0.124. The molecule has 0 unspecified atom stereocenters. The number of aryl methyl sites for hydroxylation is 1. The summed E-state index contributed by atoms with van der Waals surface area (Å²) in [4.78, 5) is 12.1. The predicted molar refractivity (Wildman–Crippen MR) is 134 cm³/mol. The van der Waals surface area contributed by atoms with Gasteiger partial charge in [-0.3, -0.25) is 9.10 Å². The zero-order valence-corrected chi connectivity index (χ0v) is 20.5. The molecule has 180 valence electrons. The quantitative estimate of drug-likeness (QED) is 0.450. The molecule has 0 spiro atoms. The first-order chi connectivity index (χ1) is 16.2. The number of ether oxygens (including phenoxy) is 2. The van der Waals surface area contributed by atoms with E-state index in [2.05, 4.69) is 5.32 Å². The lowest BCUT2D eigenvalue weighted by Crippen LogP contribution is -2.30. The van der Waals surface area contributed by atoms with Crippen molar-refractivity contribution < 1.29 is 22.7 Å². The monoisotopic (exact) mass is 482 g/mol. The number of methoxy groups -OCH3 is 1. The third-order valence-electron chi connectivity index (χ3n) is 5.24. The Bertz CT molecular complexity index is 1180. The van der Waals surface area contributed by atoms with Crippen molar-refractivity contribution in [3.05, 3.63) is 89.5 Å². The number of amides is 1. The van der Waals surface area contributed by atoms with Gasteiger partial charge in [0.15, 0.2) is 6.61 Å². The smallest absolute Gasteiger partial charge is 0.257 e. The maximum Gasteiger partial charge on any atom is 0.257 e. The Labute approximate surface area is 201 Å². The van der Waals surface area contributed by atoms with Gasteiger partial charge >= 0.3 is 0 Å². The summed E-state index contributed by atoms with van der Waals surface area (Å²) in [5.74, 6) is 1.05. The molecule has 1 N–H and O–H groups in total. The molecule has 34 heavy (non-hydrogen) atoms. The number of benzene rings is 3. The van der Waals surface area contributed by atoms with Gasteiger partial charge in [-0.05, 0) is 60.9 Å². The molecule has 7 nitrogen and oxygen atoms in total. The molecule has 8 heteroatoms. The van der Waals surface area contributed by atoms with Crippen molar-refractivity contribution in [1.29, 1.82) is 0 Å². The zero-order valence-electron chi connectivity index (χ0n) is 19.7. The summed E-state index contributed by atoms with van der Waals surface area (Å²) in [7, 11) is -1.86. The molecule has 0 atom stereocenters. The van der Waals surface area contributed by atoms with Crippen molar-refractivity contribution in [2.45, 2.75) is 19.9 Å². The molecule has 1 amide bonds. The molecule has 0 saturated carbocycles. The Morgan fingerprint density at radius 2 is 1.47 bits per heavy atom. The van der Waals surface area contributed by atoms with Gasteiger partial charge < -0.3 is 14.8 Å². The molecule has 0 bridgehead atoms. The number of carbonyl (C=O) groups is 1. The second kappa shape index (κ2) is 11.6. The van der Waals surface area contributed by atoms with Crippen molar-refractivity contribution in [3.63, 3.8) is 0 Å². The van der Waals surface area contributed by atoms with Crippen molar-refractivity contribution in [2.75, 3.05) is 30.8 Å². The first-order valence-electron chi connectivity index (χ1n) is 10.9. The molecule has 3 aromatic carbocycles. The highest BCUT2D eigenvalue weighted by atomic mass is 32.2. The van der Waals surface area contributed by atoms with Gasteiger partial charge in [-0.25, -0.2) is 8.42 Å². The summed E-state index contributed by atoms with van der Waals surface area (Å²) >= 11 is 0. The van der Waals surface area contributed by atoms with Gasteiger partial charge in [-0.1, -0.05) is 42.0 Å². The van der Waals surface area contributed by atoms with Gasteiger partial charge in [0.05, 0.1) is 25.6 Å². The number of rotatable bonds is 11. The molecule has 0 heterocycles.